The lowest BCUT2D eigenvalue weighted by molar-refractivity contribution is -0.119. The molecule has 3 rings (SSSR count). The van der Waals surface area contributed by atoms with Crippen LogP contribution in [-0.4, -0.2) is 47.5 Å². The van der Waals surface area contributed by atoms with Gasteiger partial charge in [-0.05, 0) is 42.3 Å². The molecule has 0 spiro atoms. The van der Waals surface area contributed by atoms with Crippen molar-refractivity contribution in [1.29, 1.82) is 0 Å². The Morgan fingerprint density at radius 2 is 2.07 bits per heavy atom. The van der Waals surface area contributed by atoms with Crippen molar-refractivity contribution in [3.63, 3.8) is 0 Å². The summed E-state index contributed by atoms with van der Waals surface area (Å²) in [6, 6.07) is 9.80. The predicted molar refractivity (Wildman–Crippen MR) is 103 cm³/mol. The van der Waals surface area contributed by atoms with Crippen LogP contribution in [0.1, 0.15) is 28.8 Å². The predicted octanol–water partition coefficient (Wildman–Crippen LogP) is 2.18. The van der Waals surface area contributed by atoms with E-state index in [2.05, 4.69) is 20.4 Å². The Hall–Kier alpha value is -3.42. The van der Waals surface area contributed by atoms with Gasteiger partial charge in [-0.1, -0.05) is 6.07 Å². The summed E-state index contributed by atoms with van der Waals surface area (Å²) in [5.74, 6) is -0.432. The molecule has 1 aliphatic rings. The summed E-state index contributed by atoms with van der Waals surface area (Å²) in [4.78, 5) is 41.6. The molecule has 2 N–H and O–H groups in total. The lowest BCUT2D eigenvalue weighted by Crippen LogP contribution is -2.43. The number of anilines is 1. The van der Waals surface area contributed by atoms with Crippen molar-refractivity contribution >= 4 is 23.6 Å². The van der Waals surface area contributed by atoms with Crippen LogP contribution in [0.2, 0.25) is 0 Å². The monoisotopic (exact) mass is 382 g/mol. The van der Waals surface area contributed by atoms with E-state index in [9.17, 15) is 14.4 Å². The largest absolute Gasteiger partial charge is 0.465 e. The van der Waals surface area contributed by atoms with Gasteiger partial charge >= 0.3 is 12.0 Å². The van der Waals surface area contributed by atoms with Gasteiger partial charge in [0.25, 0.3) is 0 Å². The van der Waals surface area contributed by atoms with Gasteiger partial charge in [0, 0.05) is 43.6 Å². The third kappa shape index (κ3) is 5.06. The first-order valence-corrected chi connectivity index (χ1v) is 8.97. The van der Waals surface area contributed by atoms with E-state index >= 15 is 0 Å². The van der Waals surface area contributed by atoms with Crippen molar-refractivity contribution < 1.29 is 19.1 Å². The molecule has 0 unspecified atom stereocenters. The molecule has 3 amide bonds. The Kier molecular flexibility index (Phi) is 6.21. The van der Waals surface area contributed by atoms with Gasteiger partial charge in [0.1, 0.15) is 0 Å². The fraction of sp³-hybridized carbons (Fsp3) is 0.300. The van der Waals surface area contributed by atoms with Crippen LogP contribution in [0.15, 0.2) is 48.8 Å². The minimum atomic E-state index is -0.437. The summed E-state index contributed by atoms with van der Waals surface area (Å²) >= 11 is 0. The van der Waals surface area contributed by atoms with Gasteiger partial charge in [-0.2, -0.15) is 0 Å². The van der Waals surface area contributed by atoms with E-state index in [0.29, 0.717) is 37.2 Å². The molecule has 0 aliphatic carbocycles. The molecule has 146 valence electrons. The van der Waals surface area contributed by atoms with Crippen molar-refractivity contribution in [3.8, 4) is 0 Å². The van der Waals surface area contributed by atoms with Crippen LogP contribution in [-0.2, 0) is 16.1 Å². The van der Waals surface area contributed by atoms with Crippen molar-refractivity contribution in [2.75, 3.05) is 19.0 Å². The summed E-state index contributed by atoms with van der Waals surface area (Å²) in [5, 5.41) is 5.72. The molecule has 2 aromatic rings. The highest BCUT2D eigenvalue weighted by atomic mass is 16.5. The maximum absolute atomic E-state index is 12.9. The molecule has 1 fully saturated rings. The second kappa shape index (κ2) is 8.98. The molecule has 1 atom stereocenters. The second-order valence-corrected chi connectivity index (χ2v) is 6.54. The van der Waals surface area contributed by atoms with E-state index in [1.807, 2.05) is 12.1 Å². The van der Waals surface area contributed by atoms with Gasteiger partial charge in [0.2, 0.25) is 5.91 Å². The van der Waals surface area contributed by atoms with E-state index in [-0.39, 0.29) is 18.0 Å². The molecule has 1 aromatic carbocycles. The molecule has 8 heteroatoms. The molecule has 28 heavy (non-hydrogen) atoms. The molecule has 2 heterocycles. The summed E-state index contributed by atoms with van der Waals surface area (Å²) in [6.07, 6.45) is 4.55. The maximum atomic E-state index is 12.9. The quantitative estimate of drug-likeness (QED) is 0.746. The van der Waals surface area contributed by atoms with Gasteiger partial charge in [0.05, 0.1) is 12.7 Å². The van der Waals surface area contributed by atoms with E-state index < -0.39 is 5.97 Å². The number of aromatic nitrogens is 1. The lowest BCUT2D eigenvalue weighted by atomic mass is 10.2. The Balaban J connectivity index is 1.69. The zero-order valence-corrected chi connectivity index (χ0v) is 15.6. The first kappa shape index (κ1) is 19.3. The Labute approximate surface area is 162 Å². The summed E-state index contributed by atoms with van der Waals surface area (Å²) in [6.45, 7) is 0.763. The number of pyridine rings is 1. The number of carbonyl (C=O) groups is 3. The van der Waals surface area contributed by atoms with E-state index in [0.717, 1.165) is 5.56 Å². The zero-order valence-electron chi connectivity index (χ0n) is 15.6. The average molecular weight is 382 g/mol. The zero-order chi connectivity index (χ0) is 19.9. The second-order valence-electron chi connectivity index (χ2n) is 6.54. The Morgan fingerprint density at radius 3 is 2.68 bits per heavy atom. The number of amides is 3. The smallest absolute Gasteiger partial charge is 0.337 e. The van der Waals surface area contributed by atoms with Crippen LogP contribution < -0.4 is 10.6 Å². The average Bonchev–Trinajstić information content (AvgIpc) is 3.13. The van der Waals surface area contributed by atoms with E-state index in [1.54, 1.807) is 41.6 Å². The highest BCUT2D eigenvalue weighted by Crippen LogP contribution is 2.15. The summed E-state index contributed by atoms with van der Waals surface area (Å²) < 4.78 is 4.67. The number of methoxy groups -OCH3 is 1. The number of esters is 1. The molecule has 8 nitrogen and oxygen atoms in total. The molecule has 1 aromatic heterocycles. The van der Waals surface area contributed by atoms with Gasteiger partial charge in [0.15, 0.2) is 0 Å². The van der Waals surface area contributed by atoms with Crippen LogP contribution in [0.5, 0.6) is 0 Å². The highest BCUT2D eigenvalue weighted by Gasteiger charge is 2.25. The van der Waals surface area contributed by atoms with Crippen LogP contribution in [0.3, 0.4) is 0 Å². The van der Waals surface area contributed by atoms with Crippen LogP contribution in [0.4, 0.5) is 10.5 Å². The number of hydrogen-bond donors (Lipinski definition) is 2. The summed E-state index contributed by atoms with van der Waals surface area (Å²) in [5.41, 5.74) is 1.86. The van der Waals surface area contributed by atoms with Crippen molar-refractivity contribution in [1.82, 2.24) is 15.2 Å². The third-order valence-corrected chi connectivity index (χ3v) is 4.47. The van der Waals surface area contributed by atoms with Crippen molar-refractivity contribution in [2.45, 2.75) is 25.4 Å². The van der Waals surface area contributed by atoms with Gasteiger partial charge in [-0.15, -0.1) is 0 Å². The lowest BCUT2D eigenvalue weighted by Gasteiger charge is -2.26. The Morgan fingerprint density at radius 1 is 1.29 bits per heavy atom. The van der Waals surface area contributed by atoms with Crippen molar-refractivity contribution in [3.05, 3.63) is 59.9 Å². The maximum Gasteiger partial charge on any atom is 0.337 e. The van der Waals surface area contributed by atoms with Crippen LogP contribution in [0.25, 0.3) is 0 Å². The number of nitrogens with one attached hydrogen (secondary N) is 2. The number of hydrogen-bond acceptors (Lipinski definition) is 5. The van der Waals surface area contributed by atoms with E-state index in [1.165, 1.54) is 7.11 Å². The minimum absolute atomic E-state index is 0.00475. The topological polar surface area (TPSA) is 101 Å². The molecule has 0 saturated carbocycles. The number of nitrogens with zero attached hydrogens (tertiary/aromatic N) is 2. The van der Waals surface area contributed by atoms with Gasteiger partial charge < -0.3 is 20.3 Å². The molecule has 1 saturated heterocycles. The normalized spacial score (nSPS) is 15.6. The standard InChI is InChI=1S/C20H22N4O4/c1-28-19(26)15-4-6-16(7-5-15)23-20(27)24(12-14-3-2-10-21-11-14)13-17-8-9-18(25)22-17/h2-7,10-11,17H,8-9,12-13H2,1H3,(H,22,25)(H,23,27)/t17-/m0/s1. The van der Waals surface area contributed by atoms with Gasteiger partial charge in [-0.25, -0.2) is 9.59 Å². The SMILES string of the molecule is COC(=O)c1ccc(NC(=O)N(Cc2cccnc2)C[C@@H]2CCC(=O)N2)cc1. The molecule has 1 aliphatic heterocycles. The van der Waals surface area contributed by atoms with Crippen LogP contribution in [0, 0.1) is 0 Å². The molecular weight excluding hydrogens is 360 g/mol. The number of ether oxygens (including phenoxy) is 1. The minimum Gasteiger partial charge on any atom is -0.465 e. The third-order valence-electron chi connectivity index (χ3n) is 4.47. The fourth-order valence-electron chi connectivity index (χ4n) is 3.02. The molecule has 0 radical (unpaired) electrons. The molecule has 0 bridgehead atoms. The number of carbonyl (C=O) groups excluding carboxylic acids is 3. The number of urea groups is 1. The highest BCUT2D eigenvalue weighted by molar-refractivity contribution is 5.92. The van der Waals surface area contributed by atoms with Gasteiger partial charge in [-0.3, -0.25) is 9.78 Å². The first-order valence-electron chi connectivity index (χ1n) is 8.97. The number of benzene rings is 1. The fourth-order valence-corrected chi connectivity index (χ4v) is 3.02. The summed E-state index contributed by atoms with van der Waals surface area (Å²) in [7, 11) is 1.32. The number of rotatable bonds is 6. The first-order chi connectivity index (χ1) is 13.5. The molecular formula is C20H22N4O4. The van der Waals surface area contributed by atoms with E-state index in [4.69, 9.17) is 0 Å². The Bertz CT molecular complexity index is 839. The van der Waals surface area contributed by atoms with Crippen molar-refractivity contribution in [2.24, 2.45) is 0 Å². The van der Waals surface area contributed by atoms with Crippen LogP contribution >= 0.6 is 0 Å².